The molecule has 0 unspecified atom stereocenters. The van der Waals surface area contributed by atoms with E-state index in [2.05, 4.69) is 20.1 Å². The van der Waals surface area contributed by atoms with Gasteiger partial charge in [0.25, 0.3) is 0 Å². The normalized spacial score (nSPS) is 11.0. The molecule has 92 valence electrons. The molecule has 3 heterocycles. The minimum atomic E-state index is 0.569. The number of aromatic amines is 1. The third-order valence-electron chi connectivity index (χ3n) is 2.48. The summed E-state index contributed by atoms with van der Waals surface area (Å²) in [6, 6.07) is 5.51. The van der Waals surface area contributed by atoms with E-state index in [1.54, 1.807) is 0 Å². The summed E-state index contributed by atoms with van der Waals surface area (Å²) in [5.41, 5.74) is 2.12. The fraction of sp³-hybridized carbons (Fsp3) is 0.250. The highest BCUT2D eigenvalue weighted by Crippen LogP contribution is 2.20. The van der Waals surface area contributed by atoms with E-state index in [1.165, 1.54) is 0 Å². The van der Waals surface area contributed by atoms with Crippen molar-refractivity contribution < 1.29 is 9.26 Å². The number of hydrogen-bond acceptors (Lipinski definition) is 5. The second kappa shape index (κ2) is 4.14. The molecule has 0 bridgehead atoms. The van der Waals surface area contributed by atoms with Crippen molar-refractivity contribution in [3.05, 3.63) is 24.0 Å². The van der Waals surface area contributed by atoms with Crippen molar-refractivity contribution in [3.63, 3.8) is 0 Å². The van der Waals surface area contributed by atoms with Crippen molar-refractivity contribution in [1.82, 2.24) is 20.1 Å². The third kappa shape index (κ3) is 1.81. The Morgan fingerprint density at radius 2 is 2.22 bits per heavy atom. The number of hydrogen-bond donors (Lipinski definition) is 1. The van der Waals surface area contributed by atoms with Gasteiger partial charge in [-0.1, -0.05) is 5.16 Å². The van der Waals surface area contributed by atoms with Crippen LogP contribution in [0.4, 0.5) is 0 Å². The van der Waals surface area contributed by atoms with Crippen molar-refractivity contribution in [2.24, 2.45) is 0 Å². The molecule has 3 rings (SSSR count). The lowest BCUT2D eigenvalue weighted by Crippen LogP contribution is -1.93. The predicted molar refractivity (Wildman–Crippen MR) is 65.3 cm³/mol. The van der Waals surface area contributed by atoms with Gasteiger partial charge in [-0.05, 0) is 19.9 Å². The molecule has 0 saturated heterocycles. The summed E-state index contributed by atoms with van der Waals surface area (Å²) in [6.45, 7) is 4.34. The zero-order valence-electron chi connectivity index (χ0n) is 10.1. The number of ether oxygens (including phenoxy) is 1. The maximum atomic E-state index is 5.33. The smallest absolute Gasteiger partial charge is 0.215 e. The molecule has 3 aromatic rings. The molecule has 0 amide bonds. The van der Waals surface area contributed by atoms with Crippen LogP contribution in [0.5, 0.6) is 5.88 Å². The zero-order valence-corrected chi connectivity index (χ0v) is 10.1. The number of nitrogens with zero attached hydrogens (tertiary/aromatic N) is 3. The summed E-state index contributed by atoms with van der Waals surface area (Å²) in [6.07, 6.45) is 0. The highest BCUT2D eigenvalue weighted by Gasteiger charge is 2.10. The summed E-state index contributed by atoms with van der Waals surface area (Å²) in [5.74, 6) is 1.95. The first-order valence-electron chi connectivity index (χ1n) is 5.69. The lowest BCUT2D eigenvalue weighted by molar-refractivity contribution is 0.328. The molecule has 18 heavy (non-hydrogen) atoms. The number of nitrogens with one attached hydrogen (secondary N) is 1. The maximum Gasteiger partial charge on any atom is 0.215 e. The Balaban J connectivity index is 2.05. The molecule has 0 aliphatic carbocycles. The van der Waals surface area contributed by atoms with Gasteiger partial charge in [0, 0.05) is 12.1 Å². The number of aromatic nitrogens is 4. The minimum Gasteiger partial charge on any atom is -0.478 e. The average molecular weight is 244 g/mol. The molecule has 0 radical (unpaired) electrons. The molecule has 0 aliphatic heterocycles. The molecule has 0 aliphatic rings. The maximum absolute atomic E-state index is 5.33. The van der Waals surface area contributed by atoms with Crippen LogP contribution in [0.1, 0.15) is 12.7 Å². The average Bonchev–Trinajstić information content (AvgIpc) is 2.94. The Kier molecular flexibility index (Phi) is 2.47. The topological polar surface area (TPSA) is 76.8 Å². The van der Waals surface area contributed by atoms with Gasteiger partial charge in [0.15, 0.2) is 11.5 Å². The van der Waals surface area contributed by atoms with Crippen LogP contribution in [-0.2, 0) is 0 Å². The molecular weight excluding hydrogens is 232 g/mol. The molecule has 0 spiro atoms. The van der Waals surface area contributed by atoms with E-state index in [0.717, 1.165) is 11.3 Å². The summed E-state index contributed by atoms with van der Waals surface area (Å²) in [7, 11) is 0. The van der Waals surface area contributed by atoms with E-state index < -0.39 is 0 Å². The molecule has 0 fully saturated rings. The molecule has 0 saturated carbocycles. The predicted octanol–water partition coefficient (Wildman–Crippen LogP) is 2.32. The highest BCUT2D eigenvalue weighted by molar-refractivity contribution is 5.75. The molecular formula is C12H12N4O2. The van der Waals surface area contributed by atoms with Gasteiger partial charge in [-0.15, -0.1) is 0 Å². The number of rotatable bonds is 3. The first-order chi connectivity index (χ1) is 8.76. The molecule has 1 N–H and O–H groups in total. The van der Waals surface area contributed by atoms with Gasteiger partial charge in [-0.25, -0.2) is 4.98 Å². The van der Waals surface area contributed by atoms with E-state index in [-0.39, 0.29) is 0 Å². The largest absolute Gasteiger partial charge is 0.478 e. The number of imidazole rings is 1. The lowest BCUT2D eigenvalue weighted by atomic mass is 10.4. The SMILES string of the molecule is CCOc1ccc2[nH]c(-c3cc(C)on3)nc2n1. The van der Waals surface area contributed by atoms with Crippen molar-refractivity contribution in [2.45, 2.75) is 13.8 Å². The summed E-state index contributed by atoms with van der Waals surface area (Å²) in [5, 5.41) is 3.91. The van der Waals surface area contributed by atoms with E-state index in [0.29, 0.717) is 29.7 Å². The van der Waals surface area contributed by atoms with Crippen LogP contribution in [0.2, 0.25) is 0 Å². The van der Waals surface area contributed by atoms with Gasteiger partial charge in [0.2, 0.25) is 5.88 Å². The third-order valence-corrected chi connectivity index (χ3v) is 2.48. The number of fused-ring (bicyclic) bond motifs is 1. The Labute approximate surface area is 103 Å². The minimum absolute atomic E-state index is 0.569. The summed E-state index contributed by atoms with van der Waals surface area (Å²) >= 11 is 0. The quantitative estimate of drug-likeness (QED) is 0.765. The number of pyridine rings is 1. The van der Waals surface area contributed by atoms with Crippen molar-refractivity contribution in [2.75, 3.05) is 6.61 Å². The Bertz CT molecular complexity index is 686. The first kappa shape index (κ1) is 10.8. The van der Waals surface area contributed by atoms with Crippen LogP contribution in [-0.4, -0.2) is 26.7 Å². The van der Waals surface area contributed by atoms with Crippen LogP contribution in [0.3, 0.4) is 0 Å². The Hall–Kier alpha value is -2.37. The van der Waals surface area contributed by atoms with Gasteiger partial charge < -0.3 is 14.2 Å². The van der Waals surface area contributed by atoms with Crippen molar-refractivity contribution in [3.8, 4) is 17.4 Å². The van der Waals surface area contributed by atoms with Crippen LogP contribution < -0.4 is 4.74 Å². The second-order valence-electron chi connectivity index (χ2n) is 3.86. The standard InChI is InChI=1S/C12H12N4O2/c1-3-17-10-5-4-8-11(14-10)15-12(13-8)9-6-7(2)18-16-9/h4-6H,3H2,1-2H3,(H,13,14,15). The lowest BCUT2D eigenvalue weighted by Gasteiger charge is -1.99. The summed E-state index contributed by atoms with van der Waals surface area (Å²) in [4.78, 5) is 11.8. The first-order valence-corrected chi connectivity index (χ1v) is 5.69. The Morgan fingerprint density at radius 1 is 1.33 bits per heavy atom. The Morgan fingerprint density at radius 3 is 2.94 bits per heavy atom. The zero-order chi connectivity index (χ0) is 12.5. The van der Waals surface area contributed by atoms with Crippen molar-refractivity contribution in [1.29, 1.82) is 0 Å². The van der Waals surface area contributed by atoms with Gasteiger partial charge in [0.1, 0.15) is 11.5 Å². The monoisotopic (exact) mass is 244 g/mol. The molecule has 0 aromatic carbocycles. The van der Waals surface area contributed by atoms with E-state index >= 15 is 0 Å². The molecule has 3 aromatic heterocycles. The fourth-order valence-electron chi connectivity index (χ4n) is 1.70. The fourth-order valence-corrected chi connectivity index (χ4v) is 1.70. The molecule has 6 nitrogen and oxygen atoms in total. The summed E-state index contributed by atoms with van der Waals surface area (Å²) < 4.78 is 10.4. The molecule has 6 heteroatoms. The number of H-pyrrole nitrogens is 1. The second-order valence-corrected chi connectivity index (χ2v) is 3.86. The number of aryl methyl sites for hydroxylation is 1. The van der Waals surface area contributed by atoms with E-state index in [4.69, 9.17) is 9.26 Å². The van der Waals surface area contributed by atoms with Crippen molar-refractivity contribution >= 4 is 11.2 Å². The van der Waals surface area contributed by atoms with E-state index in [9.17, 15) is 0 Å². The van der Waals surface area contributed by atoms with Crippen LogP contribution in [0.15, 0.2) is 22.7 Å². The van der Waals surface area contributed by atoms with Crippen LogP contribution in [0, 0.1) is 6.92 Å². The van der Waals surface area contributed by atoms with Gasteiger partial charge in [0.05, 0.1) is 12.1 Å². The van der Waals surface area contributed by atoms with Crippen LogP contribution in [0.25, 0.3) is 22.7 Å². The molecule has 0 atom stereocenters. The van der Waals surface area contributed by atoms with Crippen LogP contribution >= 0.6 is 0 Å². The highest BCUT2D eigenvalue weighted by atomic mass is 16.5. The van der Waals surface area contributed by atoms with E-state index in [1.807, 2.05) is 32.0 Å². The van der Waals surface area contributed by atoms with Gasteiger partial charge >= 0.3 is 0 Å². The van der Waals surface area contributed by atoms with Gasteiger partial charge in [-0.2, -0.15) is 4.98 Å². The van der Waals surface area contributed by atoms with Gasteiger partial charge in [-0.3, -0.25) is 0 Å².